The normalized spacial score (nSPS) is 17.2. The molecule has 80 valence electrons. The molecule has 1 aliphatic rings. The van der Waals surface area contributed by atoms with Gasteiger partial charge in [0.05, 0.1) is 5.75 Å². The Morgan fingerprint density at radius 1 is 1.43 bits per heavy atom. The molecule has 0 spiro atoms. The van der Waals surface area contributed by atoms with Crippen molar-refractivity contribution in [1.29, 1.82) is 0 Å². The molecule has 0 bridgehead atoms. The third-order valence-electron chi connectivity index (χ3n) is 2.06. The molecule has 5 nitrogen and oxygen atoms in total. The Kier molecular flexibility index (Phi) is 3.65. The summed E-state index contributed by atoms with van der Waals surface area (Å²) in [7, 11) is -3.47. The molecule has 0 unspecified atom stereocenters. The van der Waals surface area contributed by atoms with Crippen molar-refractivity contribution in [3.05, 3.63) is 12.2 Å². The van der Waals surface area contributed by atoms with Gasteiger partial charge in [-0.25, -0.2) is 13.6 Å². The molecule has 0 aromatic rings. The van der Waals surface area contributed by atoms with Crippen LogP contribution in [0.2, 0.25) is 0 Å². The highest BCUT2D eigenvalue weighted by Gasteiger charge is 2.18. The van der Waals surface area contributed by atoms with Crippen molar-refractivity contribution in [2.45, 2.75) is 12.8 Å². The van der Waals surface area contributed by atoms with E-state index in [9.17, 15) is 13.2 Å². The van der Waals surface area contributed by atoms with Crippen molar-refractivity contribution in [1.82, 2.24) is 5.32 Å². The Labute approximate surface area is 83.4 Å². The summed E-state index contributed by atoms with van der Waals surface area (Å²) in [5.41, 5.74) is 0. The number of amides is 1. The number of carbonyl (C=O) groups excluding carboxylic acids is 1. The topological polar surface area (TPSA) is 89.3 Å². The second-order valence-corrected chi connectivity index (χ2v) is 5.03. The maximum absolute atomic E-state index is 11.3. The Morgan fingerprint density at radius 2 is 2.00 bits per heavy atom. The lowest BCUT2D eigenvalue weighted by Crippen LogP contribution is -2.34. The molecule has 1 rings (SSSR count). The minimum atomic E-state index is -3.47. The molecule has 1 amide bonds. The van der Waals surface area contributed by atoms with Crippen LogP contribution in [-0.2, 0) is 14.8 Å². The lowest BCUT2D eigenvalue weighted by Gasteiger charge is -2.09. The van der Waals surface area contributed by atoms with Gasteiger partial charge < -0.3 is 5.32 Å². The lowest BCUT2D eigenvalue weighted by atomic mass is 10.1. The Bertz CT molecular complexity index is 326. The summed E-state index contributed by atoms with van der Waals surface area (Å²) in [4.78, 5) is 11.3. The molecule has 6 heteroatoms. The van der Waals surface area contributed by atoms with Gasteiger partial charge >= 0.3 is 0 Å². The van der Waals surface area contributed by atoms with Gasteiger partial charge in [-0.3, -0.25) is 4.79 Å². The quantitative estimate of drug-likeness (QED) is 0.615. The first-order valence-electron chi connectivity index (χ1n) is 4.42. The third-order valence-corrected chi connectivity index (χ3v) is 2.84. The molecular formula is C8H14N2O3S. The molecule has 0 atom stereocenters. The second-order valence-electron chi connectivity index (χ2n) is 3.30. The van der Waals surface area contributed by atoms with Crippen molar-refractivity contribution in [2.24, 2.45) is 11.1 Å². The Morgan fingerprint density at radius 3 is 2.50 bits per heavy atom. The summed E-state index contributed by atoms with van der Waals surface area (Å²) in [5.74, 6) is -0.340. The van der Waals surface area contributed by atoms with Crippen LogP contribution in [0.1, 0.15) is 12.8 Å². The van der Waals surface area contributed by atoms with Crippen molar-refractivity contribution in [2.75, 3.05) is 12.3 Å². The van der Waals surface area contributed by atoms with E-state index in [0.717, 1.165) is 12.8 Å². The maximum atomic E-state index is 11.3. The number of rotatable bonds is 4. The minimum Gasteiger partial charge on any atom is -0.355 e. The SMILES string of the molecule is NS(=O)(=O)CCNC(=O)C1CC=CC1. The smallest absolute Gasteiger partial charge is 0.223 e. The van der Waals surface area contributed by atoms with E-state index in [4.69, 9.17) is 5.14 Å². The van der Waals surface area contributed by atoms with Crippen molar-refractivity contribution in [3.63, 3.8) is 0 Å². The predicted octanol–water partition coefficient (Wildman–Crippen LogP) is -0.643. The van der Waals surface area contributed by atoms with E-state index in [2.05, 4.69) is 5.32 Å². The molecule has 1 aliphatic carbocycles. The van der Waals surface area contributed by atoms with Gasteiger partial charge in [-0.05, 0) is 12.8 Å². The summed E-state index contributed by atoms with van der Waals surface area (Å²) < 4.78 is 21.1. The van der Waals surface area contributed by atoms with Crippen LogP contribution in [0.15, 0.2) is 12.2 Å². The van der Waals surface area contributed by atoms with Crippen LogP contribution in [-0.4, -0.2) is 26.6 Å². The number of nitrogens with one attached hydrogen (secondary N) is 1. The van der Waals surface area contributed by atoms with Gasteiger partial charge in [0.1, 0.15) is 0 Å². The van der Waals surface area contributed by atoms with Crippen molar-refractivity contribution in [3.8, 4) is 0 Å². The number of primary sulfonamides is 1. The average Bonchev–Trinajstić information content (AvgIpc) is 2.53. The van der Waals surface area contributed by atoms with Crippen LogP contribution in [0.5, 0.6) is 0 Å². The number of hydrogen-bond acceptors (Lipinski definition) is 3. The van der Waals surface area contributed by atoms with Crippen LogP contribution >= 0.6 is 0 Å². The van der Waals surface area contributed by atoms with Crippen LogP contribution in [0.25, 0.3) is 0 Å². The van der Waals surface area contributed by atoms with Gasteiger partial charge in [0, 0.05) is 12.5 Å². The monoisotopic (exact) mass is 218 g/mol. The Hall–Kier alpha value is -0.880. The first-order valence-corrected chi connectivity index (χ1v) is 6.14. The number of allylic oxidation sites excluding steroid dienone is 2. The summed E-state index contributed by atoms with van der Waals surface area (Å²) in [6, 6.07) is 0. The zero-order valence-corrected chi connectivity index (χ0v) is 8.59. The van der Waals surface area contributed by atoms with Gasteiger partial charge in [-0.2, -0.15) is 0 Å². The van der Waals surface area contributed by atoms with E-state index in [1.807, 2.05) is 12.2 Å². The van der Waals surface area contributed by atoms with E-state index in [-0.39, 0.29) is 24.1 Å². The predicted molar refractivity (Wildman–Crippen MR) is 52.8 cm³/mol. The molecule has 0 heterocycles. The lowest BCUT2D eigenvalue weighted by molar-refractivity contribution is -0.124. The fourth-order valence-corrected chi connectivity index (χ4v) is 1.68. The molecule has 0 saturated carbocycles. The first kappa shape index (κ1) is 11.2. The van der Waals surface area contributed by atoms with Crippen LogP contribution in [0.3, 0.4) is 0 Å². The summed E-state index contributed by atoms with van der Waals surface area (Å²) in [5, 5.41) is 7.33. The van der Waals surface area contributed by atoms with Gasteiger partial charge in [-0.1, -0.05) is 12.2 Å². The zero-order chi connectivity index (χ0) is 10.6. The molecule has 0 radical (unpaired) electrons. The fraction of sp³-hybridized carbons (Fsp3) is 0.625. The molecule has 0 saturated heterocycles. The first-order chi connectivity index (χ1) is 6.49. The standard InChI is InChI=1S/C8H14N2O3S/c9-14(12,13)6-5-10-8(11)7-3-1-2-4-7/h1-2,7H,3-6H2,(H,10,11)(H2,9,12,13). The maximum Gasteiger partial charge on any atom is 0.223 e. The van der Waals surface area contributed by atoms with Crippen LogP contribution < -0.4 is 10.5 Å². The molecule has 0 aromatic carbocycles. The number of nitrogens with two attached hydrogens (primary N) is 1. The number of hydrogen-bond donors (Lipinski definition) is 2. The largest absolute Gasteiger partial charge is 0.355 e. The van der Waals surface area contributed by atoms with Gasteiger partial charge in [-0.15, -0.1) is 0 Å². The van der Waals surface area contributed by atoms with E-state index in [1.54, 1.807) is 0 Å². The van der Waals surface area contributed by atoms with Gasteiger partial charge in [0.15, 0.2) is 0 Å². The van der Waals surface area contributed by atoms with E-state index >= 15 is 0 Å². The molecule has 0 aliphatic heterocycles. The van der Waals surface area contributed by atoms with Crippen molar-refractivity contribution >= 4 is 15.9 Å². The van der Waals surface area contributed by atoms with Gasteiger partial charge in [0.2, 0.25) is 15.9 Å². The Balaban J connectivity index is 2.22. The van der Waals surface area contributed by atoms with E-state index < -0.39 is 10.0 Å². The van der Waals surface area contributed by atoms with Crippen LogP contribution in [0, 0.1) is 5.92 Å². The zero-order valence-electron chi connectivity index (χ0n) is 7.77. The summed E-state index contributed by atoms with van der Waals surface area (Å²) >= 11 is 0. The highest BCUT2D eigenvalue weighted by molar-refractivity contribution is 7.89. The van der Waals surface area contributed by atoms with E-state index in [0.29, 0.717) is 0 Å². The second kappa shape index (κ2) is 4.56. The fourth-order valence-electron chi connectivity index (χ4n) is 1.29. The highest BCUT2D eigenvalue weighted by atomic mass is 32.2. The van der Waals surface area contributed by atoms with Crippen LogP contribution in [0.4, 0.5) is 0 Å². The highest BCUT2D eigenvalue weighted by Crippen LogP contribution is 2.17. The number of carbonyl (C=O) groups is 1. The minimum absolute atomic E-state index is 0.0320. The summed E-state index contributed by atoms with van der Waals surface area (Å²) in [6.07, 6.45) is 5.37. The molecule has 0 fully saturated rings. The van der Waals surface area contributed by atoms with Gasteiger partial charge in [0.25, 0.3) is 0 Å². The number of sulfonamides is 1. The van der Waals surface area contributed by atoms with E-state index in [1.165, 1.54) is 0 Å². The van der Waals surface area contributed by atoms with Crippen molar-refractivity contribution < 1.29 is 13.2 Å². The average molecular weight is 218 g/mol. The third kappa shape index (κ3) is 3.89. The summed E-state index contributed by atoms with van der Waals surface area (Å²) in [6.45, 7) is 0.0914. The molecule has 3 N–H and O–H groups in total. The molecule has 14 heavy (non-hydrogen) atoms. The molecular weight excluding hydrogens is 204 g/mol. The molecule has 0 aromatic heterocycles.